The predicted molar refractivity (Wildman–Crippen MR) is 234 cm³/mol. The van der Waals surface area contributed by atoms with Crippen LogP contribution in [0.15, 0.2) is 188 Å². The van der Waals surface area contributed by atoms with E-state index in [1.165, 1.54) is 0 Å². The SMILES string of the molecule is N#Cc1ccc2c3ccccc3n(-c3c(-c4nc(-c5ccccc5)cc(-c5ccccc5)n4)cc(C(F)(F)F)cc3-c3nc(-c4ccccc4)cc(-c4ccccc4)n3)c2c1. The lowest BCUT2D eigenvalue weighted by Gasteiger charge is -2.21. The normalized spacial score (nSPS) is 11.5. The van der Waals surface area contributed by atoms with E-state index in [0.717, 1.165) is 45.2 Å². The highest BCUT2D eigenvalue weighted by Crippen LogP contribution is 2.45. The van der Waals surface area contributed by atoms with E-state index in [1.54, 1.807) is 12.1 Å². The van der Waals surface area contributed by atoms with Gasteiger partial charge in [-0.25, -0.2) is 19.9 Å². The average Bonchev–Trinajstić information content (AvgIpc) is 3.64. The van der Waals surface area contributed by atoms with Gasteiger partial charge in [0.05, 0.1) is 56.7 Å². The minimum atomic E-state index is -4.80. The molecule has 0 fully saturated rings. The molecule has 0 amide bonds. The van der Waals surface area contributed by atoms with Crippen LogP contribution in [-0.2, 0) is 6.18 Å². The lowest BCUT2D eigenvalue weighted by Crippen LogP contribution is -2.11. The zero-order valence-electron chi connectivity index (χ0n) is 32.2. The van der Waals surface area contributed by atoms with Gasteiger partial charge in [0.2, 0.25) is 0 Å². The van der Waals surface area contributed by atoms with Gasteiger partial charge in [0, 0.05) is 44.2 Å². The van der Waals surface area contributed by atoms with Crippen LogP contribution in [0, 0.1) is 11.3 Å². The van der Waals surface area contributed by atoms with Gasteiger partial charge in [0.15, 0.2) is 11.6 Å². The molecule has 10 rings (SSSR count). The van der Waals surface area contributed by atoms with Gasteiger partial charge in [-0.2, -0.15) is 18.4 Å². The third-order valence-corrected chi connectivity index (χ3v) is 10.7. The summed E-state index contributed by atoms with van der Waals surface area (Å²) in [4.78, 5) is 20.3. The fourth-order valence-electron chi connectivity index (χ4n) is 7.82. The minimum Gasteiger partial charge on any atom is -0.308 e. The van der Waals surface area contributed by atoms with Crippen molar-refractivity contribution in [1.82, 2.24) is 24.5 Å². The van der Waals surface area contributed by atoms with E-state index in [9.17, 15) is 5.26 Å². The van der Waals surface area contributed by atoms with Crippen molar-refractivity contribution in [2.75, 3.05) is 0 Å². The van der Waals surface area contributed by atoms with Crippen molar-refractivity contribution in [2.24, 2.45) is 0 Å². The summed E-state index contributed by atoms with van der Waals surface area (Å²) >= 11 is 0. The van der Waals surface area contributed by atoms with Crippen LogP contribution in [0.25, 0.3) is 95.3 Å². The summed E-state index contributed by atoms with van der Waals surface area (Å²) in [5.74, 6) is 0.125. The summed E-state index contributed by atoms with van der Waals surface area (Å²) in [6.45, 7) is 0. The molecule has 3 aromatic heterocycles. The molecule has 0 N–H and O–H groups in total. The van der Waals surface area contributed by atoms with Crippen LogP contribution in [-0.4, -0.2) is 24.5 Å². The molecule has 0 spiro atoms. The monoisotopic (exact) mass is 796 g/mol. The summed E-state index contributed by atoms with van der Waals surface area (Å²) < 4.78 is 48.4. The molecule has 0 aliphatic carbocycles. The number of nitrogens with zero attached hydrogens (tertiary/aromatic N) is 6. The first-order valence-corrected chi connectivity index (χ1v) is 19.5. The first-order chi connectivity index (χ1) is 29.8. The zero-order chi connectivity index (χ0) is 41.5. The van der Waals surface area contributed by atoms with Gasteiger partial charge in [-0.1, -0.05) is 146 Å². The average molecular weight is 797 g/mol. The van der Waals surface area contributed by atoms with Gasteiger partial charge in [-0.15, -0.1) is 0 Å². The second-order valence-corrected chi connectivity index (χ2v) is 14.5. The van der Waals surface area contributed by atoms with Crippen LogP contribution in [0.5, 0.6) is 0 Å². The fourth-order valence-corrected chi connectivity index (χ4v) is 7.82. The van der Waals surface area contributed by atoms with Crippen LogP contribution < -0.4 is 0 Å². The number of para-hydroxylation sites is 1. The fraction of sp³-hybridized carbons (Fsp3) is 0.0192. The Bertz CT molecular complexity index is 3020. The van der Waals surface area contributed by atoms with E-state index in [-0.39, 0.29) is 22.8 Å². The van der Waals surface area contributed by atoms with Gasteiger partial charge in [0.25, 0.3) is 0 Å². The van der Waals surface area contributed by atoms with Gasteiger partial charge < -0.3 is 4.57 Å². The molecule has 0 saturated heterocycles. The standard InChI is InChI=1S/C52H31F3N6/c53-52(54,55)38-28-41(50-57-43(34-15-5-1-6-16-34)30-44(58-50)35-17-7-2-8-18-35)49(61-47-24-14-13-23-39(47)40-26-25-33(32-56)27-48(40)61)42(29-38)51-59-45(36-19-9-3-10-20-36)31-46(60-51)37-21-11-4-12-22-37/h1-31H. The second-order valence-electron chi connectivity index (χ2n) is 14.5. The summed E-state index contributed by atoms with van der Waals surface area (Å²) in [5, 5.41) is 11.8. The van der Waals surface area contributed by atoms with Gasteiger partial charge in [0.1, 0.15) is 0 Å². The highest BCUT2D eigenvalue weighted by atomic mass is 19.4. The number of hydrogen-bond donors (Lipinski definition) is 0. The molecule has 3 heterocycles. The molecule has 0 radical (unpaired) electrons. The van der Waals surface area contributed by atoms with E-state index in [4.69, 9.17) is 19.9 Å². The van der Waals surface area contributed by atoms with Crippen molar-refractivity contribution < 1.29 is 13.2 Å². The number of fused-ring (bicyclic) bond motifs is 3. The summed E-state index contributed by atoms with van der Waals surface area (Å²) in [6.07, 6.45) is -4.80. The number of hydrogen-bond acceptors (Lipinski definition) is 5. The Morgan fingerprint density at radius 2 is 0.820 bits per heavy atom. The maximum atomic E-state index is 15.5. The molecule has 0 bridgehead atoms. The van der Waals surface area contributed by atoms with E-state index >= 15 is 13.2 Å². The van der Waals surface area contributed by atoms with Gasteiger partial charge >= 0.3 is 6.18 Å². The van der Waals surface area contributed by atoms with E-state index in [1.807, 2.05) is 168 Å². The number of benzene rings is 7. The van der Waals surface area contributed by atoms with Crippen LogP contribution in [0.1, 0.15) is 11.1 Å². The van der Waals surface area contributed by atoms with E-state index in [2.05, 4.69) is 6.07 Å². The lowest BCUT2D eigenvalue weighted by atomic mass is 9.98. The minimum absolute atomic E-state index is 0.0624. The Morgan fingerprint density at radius 3 is 1.23 bits per heavy atom. The highest BCUT2D eigenvalue weighted by Gasteiger charge is 2.35. The quantitative estimate of drug-likeness (QED) is 0.160. The highest BCUT2D eigenvalue weighted by molar-refractivity contribution is 6.11. The van der Waals surface area contributed by atoms with Gasteiger partial charge in [-0.05, 0) is 42.5 Å². The molecule has 0 atom stereocenters. The largest absolute Gasteiger partial charge is 0.416 e. The van der Waals surface area contributed by atoms with Crippen molar-refractivity contribution in [3.63, 3.8) is 0 Å². The molecule has 7 aromatic carbocycles. The number of alkyl halides is 3. The molecular formula is C52H31F3N6. The molecule has 290 valence electrons. The van der Waals surface area contributed by atoms with Crippen molar-refractivity contribution >= 4 is 21.8 Å². The number of halogens is 3. The van der Waals surface area contributed by atoms with Crippen LogP contribution in [0.3, 0.4) is 0 Å². The second kappa shape index (κ2) is 15.2. The Kier molecular flexibility index (Phi) is 9.23. The molecule has 0 aliphatic heterocycles. The van der Waals surface area contributed by atoms with E-state index in [0.29, 0.717) is 45.1 Å². The Hall–Kier alpha value is -8.22. The molecule has 0 saturated carbocycles. The van der Waals surface area contributed by atoms with Crippen LogP contribution >= 0.6 is 0 Å². The molecular weight excluding hydrogens is 766 g/mol. The number of aromatic nitrogens is 5. The summed E-state index contributed by atoms with van der Waals surface area (Å²) in [7, 11) is 0. The van der Waals surface area contributed by atoms with Crippen LogP contribution in [0.4, 0.5) is 13.2 Å². The summed E-state index contributed by atoms with van der Waals surface area (Å²) in [5.41, 5.74) is 6.42. The smallest absolute Gasteiger partial charge is 0.308 e. The first kappa shape index (κ1) is 37.1. The van der Waals surface area contributed by atoms with Crippen molar-refractivity contribution in [3.8, 4) is 79.6 Å². The zero-order valence-corrected chi connectivity index (χ0v) is 32.2. The third kappa shape index (κ3) is 6.96. The predicted octanol–water partition coefficient (Wildman–Crippen LogP) is 13.3. The van der Waals surface area contributed by atoms with E-state index < -0.39 is 11.7 Å². The molecule has 61 heavy (non-hydrogen) atoms. The molecule has 0 aliphatic rings. The van der Waals surface area contributed by atoms with Gasteiger partial charge in [-0.3, -0.25) is 0 Å². The number of nitriles is 1. The maximum absolute atomic E-state index is 15.5. The lowest BCUT2D eigenvalue weighted by molar-refractivity contribution is -0.137. The third-order valence-electron chi connectivity index (χ3n) is 10.7. The summed E-state index contributed by atoms with van der Waals surface area (Å²) in [6, 6.07) is 59.2. The Balaban J connectivity index is 1.39. The topological polar surface area (TPSA) is 80.3 Å². The molecule has 10 aromatic rings. The Morgan fingerprint density at radius 1 is 0.426 bits per heavy atom. The molecule has 9 heteroatoms. The van der Waals surface area contributed by atoms with Crippen molar-refractivity contribution in [3.05, 3.63) is 199 Å². The maximum Gasteiger partial charge on any atom is 0.416 e. The first-order valence-electron chi connectivity index (χ1n) is 19.5. The molecule has 6 nitrogen and oxygen atoms in total. The van der Waals surface area contributed by atoms with Crippen molar-refractivity contribution in [2.45, 2.75) is 6.18 Å². The Labute approximate surface area is 348 Å². The number of rotatable bonds is 7. The van der Waals surface area contributed by atoms with Crippen LogP contribution in [0.2, 0.25) is 0 Å². The van der Waals surface area contributed by atoms with Crippen molar-refractivity contribution in [1.29, 1.82) is 5.26 Å². The molecule has 0 unspecified atom stereocenters.